The van der Waals surface area contributed by atoms with Crippen LogP contribution >= 0.6 is 11.6 Å². The van der Waals surface area contributed by atoms with E-state index >= 15 is 0 Å². The minimum Gasteiger partial charge on any atom is -0.497 e. The van der Waals surface area contributed by atoms with Crippen LogP contribution in [0.25, 0.3) is 22.4 Å². The Bertz CT molecular complexity index is 811. The maximum absolute atomic E-state index is 6.10. The van der Waals surface area contributed by atoms with E-state index in [1.54, 1.807) is 19.2 Å². The van der Waals surface area contributed by atoms with Gasteiger partial charge >= 0.3 is 0 Å². The summed E-state index contributed by atoms with van der Waals surface area (Å²) < 4.78 is 7.38. The fourth-order valence-corrected chi connectivity index (χ4v) is 2.66. The average Bonchev–Trinajstić information content (AvgIpc) is 2.86. The topological polar surface area (TPSA) is 53.1 Å². The fourth-order valence-electron chi connectivity index (χ4n) is 2.48. The molecule has 0 saturated carbocycles. The van der Waals surface area contributed by atoms with Gasteiger partial charge in [-0.15, -0.1) is 0 Å². The van der Waals surface area contributed by atoms with E-state index in [0.29, 0.717) is 10.7 Å². The fraction of sp³-hybridized carbons (Fsp3) is 0.188. The summed E-state index contributed by atoms with van der Waals surface area (Å²) in [6.07, 6.45) is 0. The summed E-state index contributed by atoms with van der Waals surface area (Å²) in [4.78, 5) is 4.71. The molecule has 0 fully saturated rings. The van der Waals surface area contributed by atoms with Crippen LogP contribution in [0.4, 0.5) is 5.69 Å². The Labute approximate surface area is 128 Å². The van der Waals surface area contributed by atoms with Crippen LogP contribution in [0.5, 0.6) is 5.75 Å². The van der Waals surface area contributed by atoms with Gasteiger partial charge in [-0.25, -0.2) is 4.98 Å². The van der Waals surface area contributed by atoms with Crippen molar-refractivity contribution in [2.45, 2.75) is 13.5 Å². The molecule has 3 rings (SSSR count). The van der Waals surface area contributed by atoms with Crippen molar-refractivity contribution in [3.63, 3.8) is 0 Å². The Morgan fingerprint density at radius 1 is 1.24 bits per heavy atom. The summed E-state index contributed by atoms with van der Waals surface area (Å²) in [7, 11) is 1.65. The maximum Gasteiger partial charge on any atom is 0.143 e. The molecule has 2 aromatic carbocycles. The van der Waals surface area contributed by atoms with Crippen molar-refractivity contribution in [1.29, 1.82) is 0 Å². The first-order valence-corrected chi connectivity index (χ1v) is 7.11. The molecule has 0 radical (unpaired) electrons. The molecule has 0 saturated heterocycles. The van der Waals surface area contributed by atoms with Gasteiger partial charge in [0.25, 0.3) is 0 Å². The van der Waals surface area contributed by atoms with Gasteiger partial charge in [-0.05, 0) is 37.3 Å². The third kappa shape index (κ3) is 2.32. The summed E-state index contributed by atoms with van der Waals surface area (Å²) in [5.41, 5.74) is 9.53. The molecule has 0 aliphatic rings. The van der Waals surface area contributed by atoms with Gasteiger partial charge in [0.2, 0.25) is 0 Å². The van der Waals surface area contributed by atoms with Crippen molar-refractivity contribution in [3.8, 4) is 17.1 Å². The molecule has 0 aliphatic carbocycles. The number of methoxy groups -OCH3 is 1. The number of ether oxygens (including phenoxy) is 1. The van der Waals surface area contributed by atoms with Crippen molar-refractivity contribution >= 4 is 28.3 Å². The number of hydrogen-bond donors (Lipinski definition) is 1. The average molecular weight is 302 g/mol. The molecule has 0 atom stereocenters. The van der Waals surface area contributed by atoms with E-state index in [2.05, 4.69) is 11.5 Å². The van der Waals surface area contributed by atoms with Gasteiger partial charge in [-0.3, -0.25) is 0 Å². The van der Waals surface area contributed by atoms with Crippen LogP contribution in [0.2, 0.25) is 5.02 Å². The van der Waals surface area contributed by atoms with Crippen molar-refractivity contribution in [1.82, 2.24) is 9.55 Å². The molecule has 1 aromatic heterocycles. The third-order valence-corrected chi connectivity index (χ3v) is 3.76. The zero-order valence-corrected chi connectivity index (χ0v) is 12.7. The highest BCUT2D eigenvalue weighted by atomic mass is 35.5. The molecule has 4 nitrogen and oxygen atoms in total. The number of aryl methyl sites for hydroxylation is 1. The summed E-state index contributed by atoms with van der Waals surface area (Å²) >= 11 is 6.10. The second kappa shape index (κ2) is 5.30. The van der Waals surface area contributed by atoms with Crippen LogP contribution in [0.15, 0.2) is 36.4 Å². The molecule has 3 aromatic rings. The molecule has 0 unspecified atom stereocenters. The standard InChI is InChI=1S/C16H16ClN3O/c1-3-20-15-7-5-11(21-2)9-14(15)19-16(20)12-8-10(17)4-6-13(12)18/h4-9H,3,18H2,1-2H3. The quantitative estimate of drug-likeness (QED) is 0.745. The number of rotatable bonds is 3. The SMILES string of the molecule is CCn1c(-c2cc(Cl)ccc2N)nc2cc(OC)ccc21. The lowest BCUT2D eigenvalue weighted by atomic mass is 10.1. The number of nitrogen functional groups attached to an aromatic ring is 1. The van der Waals surface area contributed by atoms with Crippen molar-refractivity contribution in [2.75, 3.05) is 12.8 Å². The Morgan fingerprint density at radius 3 is 2.76 bits per heavy atom. The highest BCUT2D eigenvalue weighted by molar-refractivity contribution is 6.31. The summed E-state index contributed by atoms with van der Waals surface area (Å²) in [6.45, 7) is 2.87. The Balaban J connectivity index is 2.29. The van der Waals surface area contributed by atoms with Crippen LogP contribution in [-0.4, -0.2) is 16.7 Å². The minimum atomic E-state index is 0.645. The van der Waals surface area contributed by atoms with Crippen molar-refractivity contribution < 1.29 is 4.74 Å². The number of fused-ring (bicyclic) bond motifs is 1. The van der Waals surface area contributed by atoms with Gasteiger partial charge < -0.3 is 15.0 Å². The van der Waals surface area contributed by atoms with E-state index in [1.165, 1.54) is 0 Å². The Kier molecular flexibility index (Phi) is 3.47. The smallest absolute Gasteiger partial charge is 0.143 e. The van der Waals surface area contributed by atoms with Crippen LogP contribution in [0, 0.1) is 0 Å². The zero-order valence-electron chi connectivity index (χ0n) is 11.9. The molecular weight excluding hydrogens is 286 g/mol. The molecule has 108 valence electrons. The van der Waals surface area contributed by atoms with Crippen LogP contribution < -0.4 is 10.5 Å². The van der Waals surface area contributed by atoms with Gasteiger partial charge in [0.15, 0.2) is 0 Å². The van der Waals surface area contributed by atoms with Gasteiger partial charge in [0, 0.05) is 28.9 Å². The largest absolute Gasteiger partial charge is 0.497 e. The van der Waals surface area contributed by atoms with E-state index in [4.69, 9.17) is 27.1 Å². The molecule has 21 heavy (non-hydrogen) atoms. The molecule has 0 aliphatic heterocycles. The second-order valence-electron chi connectivity index (χ2n) is 4.77. The summed E-state index contributed by atoms with van der Waals surface area (Å²) in [6, 6.07) is 11.3. The molecule has 0 spiro atoms. The predicted molar refractivity (Wildman–Crippen MR) is 86.8 cm³/mol. The molecular formula is C16H16ClN3O. The number of nitrogens with zero attached hydrogens (tertiary/aromatic N) is 2. The Morgan fingerprint density at radius 2 is 2.05 bits per heavy atom. The number of anilines is 1. The first-order chi connectivity index (χ1) is 10.1. The molecule has 0 amide bonds. The number of benzene rings is 2. The predicted octanol–water partition coefficient (Wildman–Crippen LogP) is 3.97. The Hall–Kier alpha value is -2.20. The molecule has 0 bridgehead atoms. The van der Waals surface area contributed by atoms with Gasteiger partial charge in [-0.1, -0.05) is 11.6 Å². The van der Waals surface area contributed by atoms with Gasteiger partial charge in [0.1, 0.15) is 11.6 Å². The lowest BCUT2D eigenvalue weighted by Gasteiger charge is -2.09. The van der Waals surface area contributed by atoms with Crippen LogP contribution in [0.1, 0.15) is 6.92 Å². The van der Waals surface area contributed by atoms with Crippen molar-refractivity contribution in [2.24, 2.45) is 0 Å². The zero-order chi connectivity index (χ0) is 15.0. The lowest BCUT2D eigenvalue weighted by molar-refractivity contribution is 0.415. The molecule has 2 N–H and O–H groups in total. The van der Waals surface area contributed by atoms with E-state index in [-0.39, 0.29) is 0 Å². The van der Waals surface area contributed by atoms with Crippen LogP contribution in [0.3, 0.4) is 0 Å². The summed E-state index contributed by atoms with van der Waals surface area (Å²) in [5.74, 6) is 1.61. The monoisotopic (exact) mass is 301 g/mol. The number of hydrogen-bond acceptors (Lipinski definition) is 3. The molecule has 1 heterocycles. The van der Waals surface area contributed by atoms with E-state index in [9.17, 15) is 0 Å². The first-order valence-electron chi connectivity index (χ1n) is 6.73. The van der Waals surface area contributed by atoms with E-state index in [1.807, 2.05) is 24.3 Å². The maximum atomic E-state index is 6.10. The normalized spacial score (nSPS) is 11.0. The van der Waals surface area contributed by atoms with Crippen LogP contribution in [-0.2, 0) is 6.54 Å². The number of halogens is 1. The second-order valence-corrected chi connectivity index (χ2v) is 5.20. The lowest BCUT2D eigenvalue weighted by Crippen LogP contribution is -2.00. The third-order valence-electron chi connectivity index (χ3n) is 3.53. The minimum absolute atomic E-state index is 0.645. The van der Waals surface area contributed by atoms with Gasteiger partial charge in [0.05, 0.1) is 18.1 Å². The summed E-state index contributed by atoms with van der Waals surface area (Å²) in [5, 5.41) is 0.645. The molecule has 5 heteroatoms. The van der Waals surface area contributed by atoms with E-state index < -0.39 is 0 Å². The van der Waals surface area contributed by atoms with Crippen molar-refractivity contribution in [3.05, 3.63) is 41.4 Å². The highest BCUT2D eigenvalue weighted by Crippen LogP contribution is 2.32. The highest BCUT2D eigenvalue weighted by Gasteiger charge is 2.14. The number of imidazole rings is 1. The number of nitrogens with two attached hydrogens (primary N) is 1. The first kappa shape index (κ1) is 13.8. The number of aromatic nitrogens is 2. The van der Waals surface area contributed by atoms with E-state index in [0.717, 1.165) is 34.7 Å². The van der Waals surface area contributed by atoms with Gasteiger partial charge in [-0.2, -0.15) is 0 Å².